The Morgan fingerprint density at radius 1 is 1.36 bits per heavy atom. The number of para-hydroxylation sites is 1. The Bertz CT molecular complexity index is 735. The number of carboxylic acids is 1. The van der Waals surface area contributed by atoms with Gasteiger partial charge >= 0.3 is 5.97 Å². The van der Waals surface area contributed by atoms with E-state index in [0.29, 0.717) is 32.5 Å². The first-order valence-electron chi connectivity index (χ1n) is 8.52. The number of aromatic nitrogens is 1. The second kappa shape index (κ2) is 7.49. The highest BCUT2D eigenvalue weighted by Crippen LogP contribution is 2.23. The Hall–Kier alpha value is -1.99. The predicted molar refractivity (Wildman–Crippen MR) is 97.5 cm³/mol. The van der Waals surface area contributed by atoms with Crippen LogP contribution >= 0.6 is 11.3 Å². The maximum absolute atomic E-state index is 12.7. The maximum atomic E-state index is 12.7. The first-order chi connectivity index (χ1) is 12.0. The summed E-state index contributed by atoms with van der Waals surface area (Å²) in [5.74, 6) is -0.960. The normalized spacial score (nSPS) is 17.5. The van der Waals surface area contributed by atoms with Crippen molar-refractivity contribution in [2.24, 2.45) is 5.92 Å². The highest BCUT2D eigenvalue weighted by Gasteiger charge is 2.30. The average Bonchev–Trinajstić information content (AvgIpc) is 3.02. The topological polar surface area (TPSA) is 73.7 Å². The lowest BCUT2D eigenvalue weighted by molar-refractivity contribution is -0.144. The van der Waals surface area contributed by atoms with Crippen molar-refractivity contribution in [1.82, 2.24) is 14.8 Å². The summed E-state index contributed by atoms with van der Waals surface area (Å²) in [4.78, 5) is 32.1. The van der Waals surface area contributed by atoms with Gasteiger partial charge in [0.1, 0.15) is 5.01 Å². The number of benzene rings is 1. The fraction of sp³-hybridized carbons (Fsp3) is 0.500. The largest absolute Gasteiger partial charge is 0.481 e. The molecule has 7 heteroatoms. The van der Waals surface area contributed by atoms with Gasteiger partial charge in [-0.05, 0) is 45.0 Å². The smallest absolute Gasteiger partial charge is 0.306 e. The number of likely N-dealkylation sites (N-methyl/N-ethyl adjacent to an activating group) is 1. The van der Waals surface area contributed by atoms with E-state index in [2.05, 4.69) is 9.88 Å². The minimum Gasteiger partial charge on any atom is -0.481 e. The molecule has 6 nitrogen and oxygen atoms in total. The van der Waals surface area contributed by atoms with E-state index in [4.69, 9.17) is 5.11 Å². The number of thiazole rings is 1. The Labute approximate surface area is 151 Å². The molecule has 1 N–H and O–H groups in total. The molecular weight excluding hydrogens is 338 g/mol. The third-order valence-electron chi connectivity index (χ3n) is 4.87. The van der Waals surface area contributed by atoms with Crippen molar-refractivity contribution in [2.45, 2.75) is 32.4 Å². The van der Waals surface area contributed by atoms with Gasteiger partial charge in [0.25, 0.3) is 0 Å². The Morgan fingerprint density at radius 3 is 2.68 bits per heavy atom. The second-order valence-electron chi connectivity index (χ2n) is 6.59. The van der Waals surface area contributed by atoms with Crippen LogP contribution in [0.5, 0.6) is 0 Å². The fourth-order valence-electron chi connectivity index (χ4n) is 3.28. The zero-order chi connectivity index (χ0) is 18.0. The van der Waals surface area contributed by atoms with E-state index in [1.165, 1.54) is 0 Å². The van der Waals surface area contributed by atoms with Gasteiger partial charge < -0.3 is 10.0 Å². The van der Waals surface area contributed by atoms with Gasteiger partial charge in [0, 0.05) is 7.05 Å². The number of fused-ring (bicyclic) bond motifs is 1. The van der Waals surface area contributed by atoms with Gasteiger partial charge in [0.15, 0.2) is 0 Å². The quantitative estimate of drug-likeness (QED) is 0.885. The molecule has 134 valence electrons. The lowest BCUT2D eigenvalue weighted by Crippen LogP contribution is -2.49. The molecule has 2 heterocycles. The second-order valence-corrected chi connectivity index (χ2v) is 7.71. The number of carboxylic acid groups (broad SMARTS) is 1. The monoisotopic (exact) mass is 361 g/mol. The molecule has 2 aromatic rings. The van der Waals surface area contributed by atoms with Gasteiger partial charge in [-0.2, -0.15) is 0 Å². The van der Waals surface area contributed by atoms with Crippen molar-refractivity contribution in [2.75, 3.05) is 20.1 Å². The van der Waals surface area contributed by atoms with Crippen molar-refractivity contribution in [3.8, 4) is 0 Å². The highest BCUT2D eigenvalue weighted by molar-refractivity contribution is 7.18. The highest BCUT2D eigenvalue weighted by atomic mass is 32.1. The van der Waals surface area contributed by atoms with E-state index in [9.17, 15) is 9.59 Å². The Morgan fingerprint density at radius 2 is 2.04 bits per heavy atom. The molecule has 0 saturated carbocycles. The van der Waals surface area contributed by atoms with Gasteiger partial charge in [0.05, 0.1) is 28.7 Å². The zero-order valence-electron chi connectivity index (χ0n) is 14.5. The molecule has 1 aliphatic rings. The van der Waals surface area contributed by atoms with E-state index in [-0.39, 0.29) is 17.9 Å². The number of amides is 1. The average molecular weight is 361 g/mol. The van der Waals surface area contributed by atoms with Gasteiger partial charge in [-0.25, -0.2) is 4.98 Å². The molecule has 0 aliphatic carbocycles. The van der Waals surface area contributed by atoms with E-state index >= 15 is 0 Å². The molecule has 1 amide bonds. The van der Waals surface area contributed by atoms with Crippen molar-refractivity contribution in [1.29, 1.82) is 0 Å². The summed E-state index contributed by atoms with van der Waals surface area (Å²) in [5, 5.41) is 10.0. The number of likely N-dealkylation sites (tertiary alicyclic amines) is 1. The molecule has 1 saturated heterocycles. The zero-order valence-corrected chi connectivity index (χ0v) is 15.3. The van der Waals surface area contributed by atoms with Crippen LogP contribution < -0.4 is 0 Å². The van der Waals surface area contributed by atoms with Crippen molar-refractivity contribution < 1.29 is 14.7 Å². The number of carbonyl (C=O) groups excluding carboxylic acids is 1. The molecule has 1 aliphatic heterocycles. The van der Waals surface area contributed by atoms with E-state index in [1.54, 1.807) is 23.3 Å². The van der Waals surface area contributed by atoms with Gasteiger partial charge in [-0.15, -0.1) is 11.3 Å². The van der Waals surface area contributed by atoms with E-state index < -0.39 is 5.97 Å². The van der Waals surface area contributed by atoms with Crippen LogP contribution in [-0.4, -0.2) is 57.9 Å². The number of nitrogens with zero attached hydrogens (tertiary/aromatic N) is 3. The molecule has 3 rings (SSSR count). The number of hydrogen-bond donors (Lipinski definition) is 1. The SMILES string of the molecule is CC(C(=O)N(C)Cc1nc2ccccc2s1)N1CCC(C(=O)O)CC1. The summed E-state index contributed by atoms with van der Waals surface area (Å²) in [6.07, 6.45) is 1.21. The Balaban J connectivity index is 1.59. The number of rotatable bonds is 5. The van der Waals surface area contributed by atoms with Gasteiger partial charge in [0.2, 0.25) is 5.91 Å². The molecule has 1 aromatic carbocycles. The molecule has 1 atom stereocenters. The lowest BCUT2D eigenvalue weighted by Gasteiger charge is -2.35. The minimum atomic E-state index is -0.730. The van der Waals surface area contributed by atoms with Crippen LogP contribution in [0.1, 0.15) is 24.8 Å². The fourth-order valence-corrected chi connectivity index (χ4v) is 4.30. The third kappa shape index (κ3) is 3.99. The van der Waals surface area contributed by atoms with Crippen LogP contribution in [-0.2, 0) is 16.1 Å². The molecule has 0 radical (unpaired) electrons. The van der Waals surface area contributed by atoms with E-state index in [1.807, 2.05) is 31.2 Å². The molecule has 1 unspecified atom stereocenters. The molecular formula is C18H23N3O3S. The maximum Gasteiger partial charge on any atom is 0.306 e. The van der Waals surface area contributed by atoms with Crippen molar-refractivity contribution in [3.05, 3.63) is 29.3 Å². The molecule has 0 spiro atoms. The predicted octanol–water partition coefficient (Wildman–Crippen LogP) is 2.44. The van der Waals surface area contributed by atoms with Crippen LogP contribution in [0.15, 0.2) is 24.3 Å². The molecule has 0 bridgehead atoms. The summed E-state index contributed by atoms with van der Waals surface area (Å²) in [5.41, 5.74) is 0.965. The first-order valence-corrected chi connectivity index (χ1v) is 9.33. The van der Waals surface area contributed by atoms with Gasteiger partial charge in [-0.3, -0.25) is 14.5 Å². The summed E-state index contributed by atoms with van der Waals surface area (Å²) < 4.78 is 1.13. The summed E-state index contributed by atoms with van der Waals surface area (Å²) in [6, 6.07) is 7.72. The van der Waals surface area contributed by atoms with Crippen molar-refractivity contribution in [3.63, 3.8) is 0 Å². The first kappa shape index (κ1) is 17.8. The van der Waals surface area contributed by atoms with Crippen LogP contribution in [0.4, 0.5) is 0 Å². The molecule has 1 fully saturated rings. The summed E-state index contributed by atoms with van der Waals surface area (Å²) >= 11 is 1.61. The molecule has 1 aromatic heterocycles. The minimum absolute atomic E-state index is 0.0491. The Kier molecular flexibility index (Phi) is 5.34. The van der Waals surface area contributed by atoms with Crippen LogP contribution in [0.2, 0.25) is 0 Å². The van der Waals surface area contributed by atoms with E-state index in [0.717, 1.165) is 15.2 Å². The number of aliphatic carboxylic acids is 1. The standard InChI is InChI=1S/C18H23N3O3S/c1-12(21-9-7-13(8-10-21)18(23)24)17(22)20(2)11-16-19-14-5-3-4-6-15(14)25-16/h3-6,12-13H,7-11H2,1-2H3,(H,23,24). The summed E-state index contributed by atoms with van der Waals surface area (Å²) in [6.45, 7) is 3.70. The molecule has 25 heavy (non-hydrogen) atoms. The van der Waals surface area contributed by atoms with Crippen molar-refractivity contribution >= 4 is 33.4 Å². The van der Waals surface area contributed by atoms with Crippen LogP contribution in [0, 0.1) is 5.92 Å². The van der Waals surface area contributed by atoms with Crippen LogP contribution in [0.25, 0.3) is 10.2 Å². The lowest BCUT2D eigenvalue weighted by atomic mass is 9.96. The number of hydrogen-bond acceptors (Lipinski definition) is 5. The number of piperidine rings is 1. The third-order valence-corrected chi connectivity index (χ3v) is 5.89. The number of carbonyl (C=O) groups is 2. The van der Waals surface area contributed by atoms with Gasteiger partial charge in [-0.1, -0.05) is 12.1 Å². The van der Waals surface area contributed by atoms with Crippen LogP contribution in [0.3, 0.4) is 0 Å². The summed E-state index contributed by atoms with van der Waals surface area (Å²) in [7, 11) is 1.80.